The number of nitrogens with one attached hydrogen (secondary N) is 1. The van der Waals surface area contributed by atoms with Gasteiger partial charge < -0.3 is 10.2 Å². The molecule has 4 heteroatoms. The quantitative estimate of drug-likeness (QED) is 0.916. The van der Waals surface area contributed by atoms with E-state index in [1.54, 1.807) is 0 Å². The molecule has 2 nitrogen and oxygen atoms in total. The third-order valence-electron chi connectivity index (χ3n) is 3.62. The Morgan fingerprint density at radius 3 is 2.89 bits per heavy atom. The van der Waals surface area contributed by atoms with E-state index in [2.05, 4.69) is 54.0 Å². The third kappa shape index (κ3) is 2.95. The van der Waals surface area contributed by atoms with Gasteiger partial charge in [0.1, 0.15) is 0 Å². The van der Waals surface area contributed by atoms with Crippen LogP contribution >= 0.6 is 23.4 Å². The van der Waals surface area contributed by atoms with Crippen LogP contribution in [0.5, 0.6) is 0 Å². The van der Waals surface area contributed by atoms with Crippen molar-refractivity contribution < 1.29 is 0 Å². The maximum Gasteiger partial charge on any atom is 0.0471 e. The Bertz CT molecular complexity index is 411. The van der Waals surface area contributed by atoms with Gasteiger partial charge >= 0.3 is 0 Å². The van der Waals surface area contributed by atoms with Gasteiger partial charge in [-0.25, -0.2) is 0 Å². The Labute approximate surface area is 119 Å². The fourth-order valence-corrected chi connectivity index (χ4v) is 3.69. The van der Waals surface area contributed by atoms with E-state index in [0.29, 0.717) is 11.3 Å². The predicted octanol–water partition coefficient (Wildman–Crippen LogP) is 3.39. The van der Waals surface area contributed by atoms with E-state index in [1.165, 1.54) is 11.4 Å². The molecule has 0 bridgehead atoms. The molecule has 2 unspecified atom stereocenters. The highest BCUT2D eigenvalue weighted by Gasteiger charge is 2.25. The molecule has 1 N–H and O–H groups in total. The first-order chi connectivity index (χ1) is 8.63. The van der Waals surface area contributed by atoms with E-state index in [9.17, 15) is 0 Å². The molecular formula is C14H21ClN2S. The van der Waals surface area contributed by atoms with Gasteiger partial charge in [-0.2, -0.15) is 11.8 Å². The number of halogens is 1. The second-order valence-corrected chi connectivity index (χ2v) is 6.71. The second-order valence-electron chi connectivity index (χ2n) is 4.82. The summed E-state index contributed by atoms with van der Waals surface area (Å²) in [6.45, 7) is 6.53. The summed E-state index contributed by atoms with van der Waals surface area (Å²) < 4.78 is 0. The summed E-state index contributed by atoms with van der Waals surface area (Å²) in [4.78, 5) is 2.47. The molecule has 1 fully saturated rings. The molecule has 2 atom stereocenters. The Balaban J connectivity index is 2.20. The van der Waals surface area contributed by atoms with E-state index in [1.807, 2.05) is 7.05 Å². The first-order valence-electron chi connectivity index (χ1n) is 6.44. The molecule has 1 heterocycles. The van der Waals surface area contributed by atoms with Gasteiger partial charge in [0.05, 0.1) is 0 Å². The van der Waals surface area contributed by atoms with Crippen molar-refractivity contribution >= 4 is 29.1 Å². The number of rotatable bonds is 3. The highest BCUT2D eigenvalue weighted by Crippen LogP contribution is 2.31. The Morgan fingerprint density at radius 2 is 2.22 bits per heavy atom. The van der Waals surface area contributed by atoms with Crippen LogP contribution in [0, 0.1) is 0 Å². The molecular weight excluding hydrogens is 264 g/mol. The zero-order valence-corrected chi connectivity index (χ0v) is 12.8. The monoisotopic (exact) mass is 284 g/mol. The molecule has 1 aromatic carbocycles. The first kappa shape index (κ1) is 14.0. The predicted molar refractivity (Wildman–Crippen MR) is 82.9 cm³/mol. The standard InChI is InChI=1S/C14H21ClN2S/c1-10-11(2)18-7-6-17(10)13-5-4-12(9-16-3)14(15)8-13/h4-5,8,10-11,16H,6-7,9H2,1-3H3. The minimum absolute atomic E-state index is 0.565. The highest BCUT2D eigenvalue weighted by atomic mass is 35.5. The average molecular weight is 285 g/mol. The fraction of sp³-hybridized carbons (Fsp3) is 0.571. The Hall–Kier alpha value is -0.380. The number of hydrogen-bond acceptors (Lipinski definition) is 3. The number of benzene rings is 1. The molecule has 0 saturated carbocycles. The Morgan fingerprint density at radius 1 is 1.44 bits per heavy atom. The van der Waals surface area contributed by atoms with Crippen LogP contribution in [0.2, 0.25) is 5.02 Å². The van der Waals surface area contributed by atoms with Crippen LogP contribution < -0.4 is 10.2 Å². The zero-order chi connectivity index (χ0) is 13.1. The van der Waals surface area contributed by atoms with Gasteiger partial charge in [0, 0.05) is 40.8 Å². The van der Waals surface area contributed by atoms with Crippen molar-refractivity contribution in [2.45, 2.75) is 31.7 Å². The van der Waals surface area contributed by atoms with Gasteiger partial charge in [-0.15, -0.1) is 0 Å². The highest BCUT2D eigenvalue weighted by molar-refractivity contribution is 8.00. The van der Waals surface area contributed by atoms with Gasteiger partial charge in [-0.1, -0.05) is 24.6 Å². The molecule has 0 spiro atoms. The van der Waals surface area contributed by atoms with Crippen molar-refractivity contribution in [2.75, 3.05) is 24.2 Å². The molecule has 0 amide bonds. The third-order valence-corrected chi connectivity index (χ3v) is 5.31. The SMILES string of the molecule is CNCc1ccc(N2CCSC(C)C2C)cc1Cl. The topological polar surface area (TPSA) is 15.3 Å². The van der Waals surface area contributed by atoms with E-state index in [0.717, 1.165) is 23.7 Å². The van der Waals surface area contributed by atoms with Crippen LogP contribution in [-0.2, 0) is 6.54 Å². The van der Waals surface area contributed by atoms with E-state index in [-0.39, 0.29) is 0 Å². The lowest BCUT2D eigenvalue weighted by Crippen LogP contribution is -2.44. The minimum atomic E-state index is 0.565. The summed E-state index contributed by atoms with van der Waals surface area (Å²) in [5.74, 6) is 1.20. The summed E-state index contributed by atoms with van der Waals surface area (Å²) in [6, 6.07) is 6.99. The smallest absolute Gasteiger partial charge is 0.0471 e. The van der Waals surface area contributed by atoms with Crippen LogP contribution in [0.4, 0.5) is 5.69 Å². The molecule has 2 rings (SSSR count). The number of thioether (sulfide) groups is 1. The lowest BCUT2D eigenvalue weighted by Gasteiger charge is -2.39. The lowest BCUT2D eigenvalue weighted by atomic mass is 10.1. The molecule has 1 aliphatic heterocycles. The largest absolute Gasteiger partial charge is 0.367 e. The van der Waals surface area contributed by atoms with E-state index >= 15 is 0 Å². The van der Waals surface area contributed by atoms with Crippen molar-refractivity contribution in [1.82, 2.24) is 5.32 Å². The minimum Gasteiger partial charge on any atom is -0.367 e. The van der Waals surface area contributed by atoms with Crippen molar-refractivity contribution in [3.05, 3.63) is 28.8 Å². The molecule has 0 aromatic heterocycles. The van der Waals surface area contributed by atoms with Gasteiger partial charge in [-0.05, 0) is 31.7 Å². The van der Waals surface area contributed by atoms with Crippen LogP contribution in [0.3, 0.4) is 0 Å². The van der Waals surface area contributed by atoms with E-state index < -0.39 is 0 Å². The van der Waals surface area contributed by atoms with E-state index in [4.69, 9.17) is 11.6 Å². The molecule has 1 aromatic rings. The summed E-state index contributed by atoms with van der Waals surface area (Å²) in [6.07, 6.45) is 0. The van der Waals surface area contributed by atoms with Crippen molar-refractivity contribution in [3.63, 3.8) is 0 Å². The fourth-order valence-electron chi connectivity index (χ4n) is 2.35. The van der Waals surface area contributed by atoms with Crippen LogP contribution in [0.25, 0.3) is 0 Å². The van der Waals surface area contributed by atoms with Gasteiger partial charge in [0.2, 0.25) is 0 Å². The molecule has 100 valence electrons. The molecule has 1 aliphatic rings. The van der Waals surface area contributed by atoms with Crippen molar-refractivity contribution in [2.24, 2.45) is 0 Å². The van der Waals surface area contributed by atoms with Crippen molar-refractivity contribution in [3.8, 4) is 0 Å². The summed E-state index contributed by atoms with van der Waals surface area (Å²) in [7, 11) is 1.94. The van der Waals surface area contributed by atoms with Gasteiger partial charge in [0.15, 0.2) is 0 Å². The molecule has 0 aliphatic carbocycles. The summed E-state index contributed by atoms with van der Waals surface area (Å²) >= 11 is 8.40. The molecule has 1 saturated heterocycles. The normalized spacial score (nSPS) is 24.3. The van der Waals surface area contributed by atoms with Gasteiger partial charge in [0.25, 0.3) is 0 Å². The summed E-state index contributed by atoms with van der Waals surface area (Å²) in [5.41, 5.74) is 2.41. The zero-order valence-electron chi connectivity index (χ0n) is 11.2. The lowest BCUT2D eigenvalue weighted by molar-refractivity contribution is 0.627. The average Bonchev–Trinajstić information content (AvgIpc) is 2.35. The first-order valence-corrected chi connectivity index (χ1v) is 7.87. The molecule has 18 heavy (non-hydrogen) atoms. The van der Waals surface area contributed by atoms with Crippen LogP contribution in [0.15, 0.2) is 18.2 Å². The number of nitrogens with zero attached hydrogens (tertiary/aromatic N) is 1. The van der Waals surface area contributed by atoms with Crippen molar-refractivity contribution in [1.29, 1.82) is 0 Å². The van der Waals surface area contributed by atoms with Crippen LogP contribution in [0.1, 0.15) is 19.4 Å². The molecule has 0 radical (unpaired) electrons. The second kappa shape index (κ2) is 6.18. The van der Waals surface area contributed by atoms with Crippen LogP contribution in [-0.4, -0.2) is 30.6 Å². The Kier molecular flexibility index (Phi) is 4.82. The maximum atomic E-state index is 6.34. The number of anilines is 1. The summed E-state index contributed by atoms with van der Waals surface area (Å²) in [5, 5.41) is 4.67. The maximum absolute atomic E-state index is 6.34. The number of hydrogen-bond donors (Lipinski definition) is 1. The van der Waals surface area contributed by atoms with Gasteiger partial charge in [-0.3, -0.25) is 0 Å².